The Morgan fingerprint density at radius 3 is 2.19 bits per heavy atom. The number of anilines is 2. The first-order valence-electron chi connectivity index (χ1n) is 5.54. The number of nitrogens with zero attached hydrogens (tertiary/aromatic N) is 1. The van der Waals surface area contributed by atoms with E-state index in [-0.39, 0.29) is 0 Å². The normalized spacial score (nSPS) is 10.2. The lowest BCUT2D eigenvalue weighted by Crippen LogP contribution is -2.10. The summed E-state index contributed by atoms with van der Waals surface area (Å²) in [5, 5.41) is 0. The lowest BCUT2D eigenvalue weighted by atomic mass is 10.1. The molecule has 0 N–H and O–H groups in total. The van der Waals surface area contributed by atoms with Crippen molar-refractivity contribution in [2.45, 2.75) is 13.8 Å². The van der Waals surface area contributed by atoms with Crippen LogP contribution in [0.3, 0.4) is 0 Å². The minimum atomic E-state index is 1.22. The van der Waals surface area contributed by atoms with Crippen molar-refractivity contribution < 1.29 is 0 Å². The van der Waals surface area contributed by atoms with E-state index in [9.17, 15) is 0 Å². The highest BCUT2D eigenvalue weighted by Crippen LogP contribution is 2.26. The topological polar surface area (TPSA) is 3.24 Å². The summed E-state index contributed by atoms with van der Waals surface area (Å²) in [6, 6.07) is 17.0. The van der Waals surface area contributed by atoms with Gasteiger partial charge in [-0.3, -0.25) is 0 Å². The molecule has 0 atom stereocenters. The van der Waals surface area contributed by atoms with Gasteiger partial charge in [0.2, 0.25) is 0 Å². The first-order chi connectivity index (χ1) is 7.68. The molecule has 2 aromatic carbocycles. The maximum absolute atomic E-state index is 2.22. The quantitative estimate of drug-likeness (QED) is 0.723. The maximum atomic E-state index is 2.22. The minimum absolute atomic E-state index is 1.22. The molecule has 0 radical (unpaired) electrons. The van der Waals surface area contributed by atoms with Crippen molar-refractivity contribution in [3.63, 3.8) is 0 Å². The molecule has 0 aliphatic carbocycles. The molecular weight excluding hydrogens is 194 g/mol. The predicted molar refractivity (Wildman–Crippen MR) is 70.4 cm³/mol. The number of rotatable bonds is 2. The van der Waals surface area contributed by atoms with Crippen molar-refractivity contribution >= 4 is 11.4 Å². The van der Waals surface area contributed by atoms with Crippen LogP contribution in [0, 0.1) is 13.8 Å². The van der Waals surface area contributed by atoms with E-state index in [2.05, 4.69) is 68.3 Å². The molecule has 0 saturated carbocycles. The Morgan fingerprint density at radius 1 is 0.875 bits per heavy atom. The average molecular weight is 211 g/mol. The molecule has 0 fully saturated rings. The van der Waals surface area contributed by atoms with Crippen LogP contribution in [0.1, 0.15) is 11.1 Å². The monoisotopic (exact) mass is 211 g/mol. The number of hydrogen-bond donors (Lipinski definition) is 0. The van der Waals surface area contributed by atoms with Gasteiger partial charge in [0, 0.05) is 18.4 Å². The summed E-state index contributed by atoms with van der Waals surface area (Å²) < 4.78 is 0. The Balaban J connectivity index is 2.38. The van der Waals surface area contributed by atoms with E-state index in [1.807, 2.05) is 6.07 Å². The third-order valence-electron chi connectivity index (χ3n) is 2.86. The fourth-order valence-corrected chi connectivity index (χ4v) is 1.97. The van der Waals surface area contributed by atoms with Crippen molar-refractivity contribution in [2.24, 2.45) is 0 Å². The lowest BCUT2D eigenvalue weighted by Gasteiger charge is -2.21. The average Bonchev–Trinajstić information content (AvgIpc) is 2.29. The molecule has 0 aliphatic heterocycles. The van der Waals surface area contributed by atoms with Gasteiger partial charge in [-0.25, -0.2) is 0 Å². The Labute approximate surface area is 97.3 Å². The Bertz CT molecular complexity index is 474. The molecule has 0 bridgehead atoms. The Hall–Kier alpha value is -1.76. The van der Waals surface area contributed by atoms with E-state index in [4.69, 9.17) is 0 Å². The van der Waals surface area contributed by atoms with E-state index in [1.165, 1.54) is 22.5 Å². The van der Waals surface area contributed by atoms with Crippen LogP contribution in [0.15, 0.2) is 48.5 Å². The number of aryl methyl sites for hydroxylation is 2. The standard InChI is InChI=1S/C15H17N/c1-12-9-10-15(13(2)11-12)16(3)14-7-5-4-6-8-14/h4-11H,1-3H3. The van der Waals surface area contributed by atoms with Crippen molar-refractivity contribution in [1.29, 1.82) is 0 Å². The molecule has 16 heavy (non-hydrogen) atoms. The highest BCUT2D eigenvalue weighted by atomic mass is 15.1. The summed E-state index contributed by atoms with van der Waals surface area (Å²) in [4.78, 5) is 2.22. The van der Waals surface area contributed by atoms with Gasteiger partial charge in [-0.05, 0) is 37.6 Å². The molecule has 0 aromatic heterocycles. The first kappa shape index (κ1) is 10.7. The number of hydrogen-bond acceptors (Lipinski definition) is 1. The van der Waals surface area contributed by atoms with Crippen LogP contribution in [0.4, 0.5) is 11.4 Å². The fraction of sp³-hybridized carbons (Fsp3) is 0.200. The Morgan fingerprint density at radius 2 is 1.56 bits per heavy atom. The molecule has 0 aliphatic rings. The van der Waals surface area contributed by atoms with E-state index in [0.717, 1.165) is 0 Å². The van der Waals surface area contributed by atoms with Gasteiger partial charge < -0.3 is 4.90 Å². The van der Waals surface area contributed by atoms with Crippen molar-refractivity contribution in [2.75, 3.05) is 11.9 Å². The van der Waals surface area contributed by atoms with Crippen LogP contribution >= 0.6 is 0 Å². The molecule has 82 valence electrons. The van der Waals surface area contributed by atoms with Crippen molar-refractivity contribution in [3.8, 4) is 0 Å². The summed E-state index contributed by atoms with van der Waals surface area (Å²) in [5.41, 5.74) is 5.10. The van der Waals surface area contributed by atoms with E-state index in [0.29, 0.717) is 0 Å². The van der Waals surface area contributed by atoms with Gasteiger partial charge in [0.1, 0.15) is 0 Å². The molecule has 0 heterocycles. The van der Waals surface area contributed by atoms with E-state index < -0.39 is 0 Å². The molecule has 1 heteroatoms. The molecular formula is C15H17N. The third kappa shape index (κ3) is 2.08. The summed E-state index contributed by atoms with van der Waals surface area (Å²) in [5.74, 6) is 0. The first-order valence-corrected chi connectivity index (χ1v) is 5.54. The predicted octanol–water partition coefficient (Wildman–Crippen LogP) is 4.07. The molecule has 0 amide bonds. The summed E-state index contributed by atoms with van der Waals surface area (Å²) in [6.45, 7) is 4.28. The second kappa shape index (κ2) is 4.40. The van der Waals surface area contributed by atoms with Gasteiger partial charge in [-0.1, -0.05) is 35.9 Å². The van der Waals surface area contributed by atoms with Crippen LogP contribution < -0.4 is 4.90 Å². The summed E-state index contributed by atoms with van der Waals surface area (Å²) in [7, 11) is 2.10. The molecule has 2 aromatic rings. The van der Waals surface area contributed by atoms with Gasteiger partial charge in [0.15, 0.2) is 0 Å². The summed E-state index contributed by atoms with van der Waals surface area (Å²) >= 11 is 0. The van der Waals surface area contributed by atoms with E-state index >= 15 is 0 Å². The molecule has 0 unspecified atom stereocenters. The number of benzene rings is 2. The SMILES string of the molecule is Cc1ccc(N(C)c2ccccc2)c(C)c1. The van der Waals surface area contributed by atoms with Crippen LogP contribution in [0.2, 0.25) is 0 Å². The highest BCUT2D eigenvalue weighted by Gasteiger charge is 2.05. The zero-order valence-corrected chi connectivity index (χ0v) is 10.1. The van der Waals surface area contributed by atoms with E-state index in [1.54, 1.807) is 0 Å². The number of para-hydroxylation sites is 1. The van der Waals surface area contributed by atoms with Crippen LogP contribution in [-0.4, -0.2) is 7.05 Å². The molecule has 0 spiro atoms. The van der Waals surface area contributed by atoms with Crippen molar-refractivity contribution in [3.05, 3.63) is 59.7 Å². The highest BCUT2D eigenvalue weighted by molar-refractivity contribution is 5.65. The fourth-order valence-electron chi connectivity index (χ4n) is 1.97. The van der Waals surface area contributed by atoms with Gasteiger partial charge >= 0.3 is 0 Å². The second-order valence-corrected chi connectivity index (χ2v) is 4.18. The van der Waals surface area contributed by atoms with Gasteiger partial charge in [0.25, 0.3) is 0 Å². The zero-order chi connectivity index (χ0) is 11.5. The minimum Gasteiger partial charge on any atom is -0.344 e. The second-order valence-electron chi connectivity index (χ2n) is 4.18. The molecule has 2 rings (SSSR count). The smallest absolute Gasteiger partial charge is 0.0437 e. The maximum Gasteiger partial charge on any atom is 0.0437 e. The largest absolute Gasteiger partial charge is 0.344 e. The zero-order valence-electron chi connectivity index (χ0n) is 10.1. The lowest BCUT2D eigenvalue weighted by molar-refractivity contribution is 1.18. The van der Waals surface area contributed by atoms with Gasteiger partial charge in [0.05, 0.1) is 0 Å². The van der Waals surface area contributed by atoms with Crippen LogP contribution in [0.25, 0.3) is 0 Å². The Kier molecular flexibility index (Phi) is 2.95. The molecule has 1 nitrogen and oxygen atoms in total. The van der Waals surface area contributed by atoms with Crippen LogP contribution in [-0.2, 0) is 0 Å². The third-order valence-corrected chi connectivity index (χ3v) is 2.86. The molecule has 0 saturated heterocycles. The van der Waals surface area contributed by atoms with Crippen molar-refractivity contribution in [1.82, 2.24) is 0 Å². The van der Waals surface area contributed by atoms with Crippen LogP contribution in [0.5, 0.6) is 0 Å². The summed E-state index contributed by atoms with van der Waals surface area (Å²) in [6.07, 6.45) is 0. The van der Waals surface area contributed by atoms with Gasteiger partial charge in [-0.2, -0.15) is 0 Å². The van der Waals surface area contributed by atoms with Gasteiger partial charge in [-0.15, -0.1) is 0 Å².